The van der Waals surface area contributed by atoms with E-state index < -0.39 is 0 Å². The number of hydrogen-bond acceptors (Lipinski definition) is 3. The van der Waals surface area contributed by atoms with E-state index in [4.69, 9.17) is 0 Å². The van der Waals surface area contributed by atoms with Crippen LogP contribution in [-0.4, -0.2) is 15.5 Å². The molecule has 3 aromatic heterocycles. The van der Waals surface area contributed by atoms with Crippen molar-refractivity contribution in [1.29, 1.82) is 0 Å². The van der Waals surface area contributed by atoms with Gasteiger partial charge in [-0.05, 0) is 36.6 Å². The highest BCUT2D eigenvalue weighted by Gasteiger charge is 2.16. The van der Waals surface area contributed by atoms with Crippen LogP contribution >= 0.6 is 11.3 Å². The molecule has 3 aromatic rings. The first kappa shape index (κ1) is 14.5. The second kappa shape index (κ2) is 6.15. The molecule has 3 rings (SSSR count). The van der Waals surface area contributed by atoms with Gasteiger partial charge in [-0.1, -0.05) is 18.2 Å². The third-order valence-electron chi connectivity index (χ3n) is 3.34. The first-order valence-corrected chi connectivity index (χ1v) is 7.92. The van der Waals surface area contributed by atoms with E-state index in [-0.39, 0.29) is 5.91 Å². The van der Waals surface area contributed by atoms with E-state index in [2.05, 4.69) is 16.9 Å². The Bertz CT molecular complexity index is 817. The summed E-state index contributed by atoms with van der Waals surface area (Å²) in [6.07, 6.45) is 1.72. The second-order valence-corrected chi connectivity index (χ2v) is 6.19. The maximum atomic E-state index is 12.5. The van der Waals surface area contributed by atoms with Crippen molar-refractivity contribution in [3.63, 3.8) is 0 Å². The van der Waals surface area contributed by atoms with E-state index in [1.54, 1.807) is 17.5 Å². The molecule has 1 N–H and O–H groups in total. The van der Waals surface area contributed by atoms with Crippen molar-refractivity contribution >= 4 is 27.5 Å². The zero-order valence-electron chi connectivity index (χ0n) is 12.4. The maximum Gasteiger partial charge on any atom is 0.268 e. The van der Waals surface area contributed by atoms with Crippen LogP contribution in [0.1, 0.15) is 23.1 Å². The highest BCUT2D eigenvalue weighted by Crippen LogP contribution is 2.26. The van der Waals surface area contributed by atoms with Crippen LogP contribution in [0.15, 0.2) is 54.1 Å². The fraction of sp³-hybridized carbons (Fsp3) is 0.176. The summed E-state index contributed by atoms with van der Waals surface area (Å²) in [4.78, 5) is 16.7. The molecule has 4 nitrogen and oxygen atoms in total. The number of amides is 1. The summed E-state index contributed by atoms with van der Waals surface area (Å²) in [5.74, 6) is -0.0877. The molecule has 3 heterocycles. The quantitative estimate of drug-likeness (QED) is 0.732. The molecule has 0 spiro atoms. The largest absolute Gasteiger partial charge is 0.345 e. The van der Waals surface area contributed by atoms with Gasteiger partial charge < -0.3 is 9.88 Å². The van der Waals surface area contributed by atoms with Crippen LogP contribution in [0.2, 0.25) is 0 Å². The average Bonchev–Trinajstić information content (AvgIpc) is 3.08. The number of fused-ring (bicyclic) bond motifs is 1. The normalized spacial score (nSPS) is 10.8. The molecule has 0 aromatic carbocycles. The monoisotopic (exact) mass is 311 g/mol. The molecule has 0 radical (unpaired) electrons. The zero-order chi connectivity index (χ0) is 15.5. The number of aromatic nitrogens is 2. The van der Waals surface area contributed by atoms with Gasteiger partial charge in [-0.2, -0.15) is 0 Å². The first-order valence-electron chi connectivity index (χ1n) is 7.04. The lowest BCUT2D eigenvalue weighted by molar-refractivity contribution is 0.0942. The summed E-state index contributed by atoms with van der Waals surface area (Å²) in [5.41, 5.74) is 3.61. The highest BCUT2D eigenvalue weighted by molar-refractivity contribution is 7.17. The van der Waals surface area contributed by atoms with Crippen LogP contribution in [0.25, 0.3) is 10.2 Å². The van der Waals surface area contributed by atoms with Crippen LogP contribution in [-0.2, 0) is 13.1 Å². The van der Waals surface area contributed by atoms with Crippen molar-refractivity contribution in [3.8, 4) is 0 Å². The predicted octanol–water partition coefficient (Wildman–Crippen LogP) is 3.60. The van der Waals surface area contributed by atoms with Crippen LogP contribution < -0.4 is 5.32 Å². The van der Waals surface area contributed by atoms with Gasteiger partial charge in [-0.3, -0.25) is 9.78 Å². The molecule has 0 aliphatic carbocycles. The van der Waals surface area contributed by atoms with E-state index in [1.807, 2.05) is 47.2 Å². The Kier molecular flexibility index (Phi) is 4.06. The topological polar surface area (TPSA) is 46.9 Å². The molecule has 22 heavy (non-hydrogen) atoms. The summed E-state index contributed by atoms with van der Waals surface area (Å²) >= 11 is 1.64. The van der Waals surface area contributed by atoms with Crippen molar-refractivity contribution in [2.45, 2.75) is 20.0 Å². The van der Waals surface area contributed by atoms with Crippen molar-refractivity contribution in [1.82, 2.24) is 14.9 Å². The van der Waals surface area contributed by atoms with Gasteiger partial charge in [0.05, 0.1) is 22.5 Å². The number of thiophene rings is 1. The Labute approximate surface area is 133 Å². The van der Waals surface area contributed by atoms with Crippen molar-refractivity contribution < 1.29 is 4.79 Å². The Hall–Kier alpha value is -2.40. The highest BCUT2D eigenvalue weighted by atomic mass is 32.1. The summed E-state index contributed by atoms with van der Waals surface area (Å²) in [6.45, 7) is 6.99. The van der Waals surface area contributed by atoms with Gasteiger partial charge in [0.25, 0.3) is 5.91 Å². The summed E-state index contributed by atoms with van der Waals surface area (Å²) < 4.78 is 3.13. The number of allylic oxidation sites excluding steroid dienone is 1. The molecule has 0 aliphatic rings. The number of nitrogens with zero attached hydrogens (tertiary/aromatic N) is 2. The van der Waals surface area contributed by atoms with Crippen LogP contribution in [0, 0.1) is 0 Å². The van der Waals surface area contributed by atoms with Crippen LogP contribution in [0.4, 0.5) is 0 Å². The third kappa shape index (κ3) is 2.94. The van der Waals surface area contributed by atoms with E-state index >= 15 is 0 Å². The molecule has 0 saturated carbocycles. The number of carbonyl (C=O) groups is 1. The molecule has 0 aliphatic heterocycles. The minimum Gasteiger partial charge on any atom is -0.345 e. The van der Waals surface area contributed by atoms with Gasteiger partial charge in [0.2, 0.25) is 0 Å². The van der Waals surface area contributed by atoms with Crippen LogP contribution in [0.3, 0.4) is 0 Å². The number of rotatable bonds is 5. The smallest absolute Gasteiger partial charge is 0.268 e. The van der Waals surface area contributed by atoms with Gasteiger partial charge in [0, 0.05) is 12.7 Å². The minimum absolute atomic E-state index is 0.0877. The lowest BCUT2D eigenvalue weighted by Crippen LogP contribution is -2.26. The number of nitrogens with one attached hydrogen (secondary N) is 1. The molecule has 0 atom stereocenters. The van der Waals surface area contributed by atoms with Gasteiger partial charge in [0.15, 0.2) is 0 Å². The molecular weight excluding hydrogens is 294 g/mol. The third-order valence-corrected chi connectivity index (χ3v) is 4.19. The number of pyridine rings is 1. The predicted molar refractivity (Wildman–Crippen MR) is 90.0 cm³/mol. The molecular formula is C17H17N3OS. The van der Waals surface area contributed by atoms with E-state index in [9.17, 15) is 4.79 Å². The SMILES string of the molecule is C=C(C)Cn1c(C(=O)NCc2ccccn2)cc2sccc21. The van der Waals surface area contributed by atoms with E-state index in [0.29, 0.717) is 18.8 Å². The molecule has 112 valence electrons. The van der Waals surface area contributed by atoms with E-state index in [0.717, 1.165) is 21.5 Å². The lowest BCUT2D eigenvalue weighted by atomic mass is 10.3. The average molecular weight is 311 g/mol. The Morgan fingerprint density at radius 3 is 3.00 bits per heavy atom. The van der Waals surface area contributed by atoms with Crippen molar-refractivity contribution in [2.24, 2.45) is 0 Å². The number of hydrogen-bond donors (Lipinski definition) is 1. The Morgan fingerprint density at radius 2 is 2.27 bits per heavy atom. The molecule has 0 unspecified atom stereocenters. The van der Waals surface area contributed by atoms with Gasteiger partial charge in [-0.25, -0.2) is 0 Å². The molecule has 0 saturated heterocycles. The lowest BCUT2D eigenvalue weighted by Gasteiger charge is -2.10. The molecule has 5 heteroatoms. The molecule has 0 bridgehead atoms. The van der Waals surface area contributed by atoms with Crippen molar-refractivity contribution in [3.05, 3.63) is 65.4 Å². The number of carbonyl (C=O) groups excluding carboxylic acids is 1. The Balaban J connectivity index is 1.83. The van der Waals surface area contributed by atoms with Gasteiger partial charge >= 0.3 is 0 Å². The first-order chi connectivity index (χ1) is 10.6. The zero-order valence-corrected chi connectivity index (χ0v) is 13.2. The standard InChI is InChI=1S/C17H17N3OS/c1-12(2)11-20-14-6-8-22-16(14)9-15(20)17(21)19-10-13-5-3-4-7-18-13/h3-9H,1,10-11H2,2H3,(H,19,21). The maximum absolute atomic E-state index is 12.5. The van der Waals surface area contributed by atoms with Gasteiger partial charge in [0.1, 0.15) is 5.69 Å². The Morgan fingerprint density at radius 1 is 1.41 bits per heavy atom. The fourth-order valence-electron chi connectivity index (χ4n) is 2.37. The summed E-state index contributed by atoms with van der Waals surface area (Å²) in [7, 11) is 0. The fourth-order valence-corrected chi connectivity index (χ4v) is 3.19. The van der Waals surface area contributed by atoms with E-state index in [1.165, 1.54) is 0 Å². The second-order valence-electron chi connectivity index (χ2n) is 5.25. The summed E-state index contributed by atoms with van der Waals surface area (Å²) in [6, 6.07) is 9.65. The van der Waals surface area contributed by atoms with Crippen LogP contribution in [0.5, 0.6) is 0 Å². The summed E-state index contributed by atoms with van der Waals surface area (Å²) in [5, 5.41) is 4.97. The van der Waals surface area contributed by atoms with Crippen molar-refractivity contribution in [2.75, 3.05) is 0 Å². The molecule has 0 fully saturated rings. The van der Waals surface area contributed by atoms with Gasteiger partial charge in [-0.15, -0.1) is 11.3 Å². The minimum atomic E-state index is -0.0877. The molecule has 1 amide bonds.